The normalized spacial score (nSPS) is 10.8. The van der Waals surface area contributed by atoms with Crippen molar-refractivity contribution in [2.75, 3.05) is 7.05 Å². The Morgan fingerprint density at radius 3 is 2.56 bits per heavy atom. The number of nitrogens with one attached hydrogen (secondary N) is 1. The van der Waals surface area contributed by atoms with Gasteiger partial charge in [-0.1, -0.05) is 43.2 Å². The molecule has 1 N–H and O–H groups in total. The molecule has 0 amide bonds. The van der Waals surface area contributed by atoms with Gasteiger partial charge in [0.15, 0.2) is 0 Å². The highest BCUT2D eigenvalue weighted by molar-refractivity contribution is 7.15. The van der Waals surface area contributed by atoms with Crippen molar-refractivity contribution in [1.82, 2.24) is 10.3 Å². The van der Waals surface area contributed by atoms with Crippen molar-refractivity contribution in [3.05, 3.63) is 40.4 Å². The minimum Gasteiger partial charge on any atom is -0.315 e. The van der Waals surface area contributed by atoms with E-state index in [1.807, 2.05) is 18.4 Å². The summed E-state index contributed by atoms with van der Waals surface area (Å²) in [4.78, 5) is 6.17. The fraction of sp³-hybridized carbons (Fsp3) is 0.400. The molecule has 0 aliphatic carbocycles. The van der Waals surface area contributed by atoms with Crippen LogP contribution >= 0.6 is 11.3 Å². The quantitative estimate of drug-likeness (QED) is 0.884. The zero-order valence-electron chi connectivity index (χ0n) is 11.3. The molecule has 0 atom stereocenters. The Balaban J connectivity index is 2.33. The predicted octanol–water partition coefficient (Wildman–Crippen LogP) is 3.79. The van der Waals surface area contributed by atoms with Gasteiger partial charge in [0.25, 0.3) is 0 Å². The second-order valence-electron chi connectivity index (χ2n) is 4.54. The van der Waals surface area contributed by atoms with Crippen molar-refractivity contribution < 1.29 is 0 Å². The molecule has 0 saturated carbocycles. The van der Waals surface area contributed by atoms with Crippen molar-refractivity contribution in [3.8, 4) is 10.6 Å². The standard InChI is InChI=1S/C15H20N2S/c1-4-5-13-14(10-16-3)18-15(17-13)12-8-6-11(2)7-9-12/h6-9,16H,4-5,10H2,1-3H3. The van der Waals surface area contributed by atoms with E-state index in [0.29, 0.717) is 0 Å². The van der Waals surface area contributed by atoms with Crippen LogP contribution < -0.4 is 5.32 Å². The Morgan fingerprint density at radius 2 is 1.94 bits per heavy atom. The van der Waals surface area contributed by atoms with E-state index in [1.54, 1.807) is 0 Å². The fourth-order valence-electron chi connectivity index (χ4n) is 1.93. The molecule has 96 valence electrons. The maximum absolute atomic E-state index is 4.80. The number of benzene rings is 1. The molecule has 0 saturated heterocycles. The first-order valence-corrected chi connectivity index (χ1v) is 7.26. The molecule has 0 aliphatic rings. The van der Waals surface area contributed by atoms with E-state index < -0.39 is 0 Å². The Kier molecular flexibility index (Phi) is 4.50. The highest BCUT2D eigenvalue weighted by Crippen LogP contribution is 2.29. The molecule has 2 aromatic rings. The van der Waals surface area contributed by atoms with Gasteiger partial charge >= 0.3 is 0 Å². The first kappa shape index (κ1) is 13.2. The number of aromatic nitrogens is 1. The lowest BCUT2D eigenvalue weighted by Gasteiger charge is -1.98. The van der Waals surface area contributed by atoms with Gasteiger partial charge in [0.05, 0.1) is 5.69 Å². The van der Waals surface area contributed by atoms with Crippen molar-refractivity contribution in [3.63, 3.8) is 0 Å². The number of rotatable bonds is 5. The summed E-state index contributed by atoms with van der Waals surface area (Å²) >= 11 is 1.81. The zero-order chi connectivity index (χ0) is 13.0. The highest BCUT2D eigenvalue weighted by Gasteiger charge is 2.11. The van der Waals surface area contributed by atoms with E-state index in [9.17, 15) is 0 Å². The molecular formula is C15H20N2S. The van der Waals surface area contributed by atoms with Gasteiger partial charge in [-0.05, 0) is 20.4 Å². The predicted molar refractivity (Wildman–Crippen MR) is 79.0 cm³/mol. The third-order valence-electron chi connectivity index (χ3n) is 2.90. The van der Waals surface area contributed by atoms with Crippen LogP contribution in [0, 0.1) is 6.92 Å². The van der Waals surface area contributed by atoms with Crippen LogP contribution in [0.4, 0.5) is 0 Å². The molecule has 1 heterocycles. The smallest absolute Gasteiger partial charge is 0.123 e. The van der Waals surface area contributed by atoms with E-state index in [1.165, 1.54) is 21.7 Å². The maximum atomic E-state index is 4.80. The summed E-state index contributed by atoms with van der Waals surface area (Å²) in [6.07, 6.45) is 2.22. The summed E-state index contributed by atoms with van der Waals surface area (Å²) in [5, 5.41) is 4.37. The minimum absolute atomic E-state index is 0.916. The van der Waals surface area contributed by atoms with Gasteiger partial charge in [0, 0.05) is 17.0 Å². The molecule has 1 aromatic carbocycles. The second kappa shape index (κ2) is 6.12. The molecule has 0 radical (unpaired) electrons. The van der Waals surface area contributed by atoms with Gasteiger partial charge in [-0.2, -0.15) is 0 Å². The van der Waals surface area contributed by atoms with E-state index in [-0.39, 0.29) is 0 Å². The minimum atomic E-state index is 0.916. The lowest BCUT2D eigenvalue weighted by atomic mass is 10.1. The SMILES string of the molecule is CCCc1nc(-c2ccc(C)cc2)sc1CNC. The number of hydrogen-bond acceptors (Lipinski definition) is 3. The third-order valence-corrected chi connectivity index (χ3v) is 4.05. The van der Waals surface area contributed by atoms with Gasteiger partial charge in [-0.15, -0.1) is 11.3 Å². The molecule has 18 heavy (non-hydrogen) atoms. The first-order valence-electron chi connectivity index (χ1n) is 6.44. The van der Waals surface area contributed by atoms with Crippen LogP contribution in [0.25, 0.3) is 10.6 Å². The summed E-state index contributed by atoms with van der Waals surface area (Å²) in [6.45, 7) is 5.23. The zero-order valence-corrected chi connectivity index (χ0v) is 12.1. The van der Waals surface area contributed by atoms with Crippen LogP contribution in [-0.4, -0.2) is 12.0 Å². The molecule has 0 bridgehead atoms. The Hall–Kier alpha value is -1.19. The van der Waals surface area contributed by atoms with Crippen LogP contribution in [0.1, 0.15) is 29.5 Å². The van der Waals surface area contributed by atoms with Crippen molar-refractivity contribution in [2.24, 2.45) is 0 Å². The Labute approximate surface area is 113 Å². The summed E-state index contributed by atoms with van der Waals surface area (Å²) in [6, 6.07) is 8.61. The molecule has 0 unspecified atom stereocenters. The molecule has 2 nitrogen and oxygen atoms in total. The van der Waals surface area contributed by atoms with Crippen LogP contribution in [0.15, 0.2) is 24.3 Å². The molecule has 3 heteroatoms. The lowest BCUT2D eigenvalue weighted by molar-refractivity contribution is 0.798. The van der Waals surface area contributed by atoms with Gasteiger partial charge in [-0.25, -0.2) is 4.98 Å². The van der Waals surface area contributed by atoms with Crippen molar-refractivity contribution >= 4 is 11.3 Å². The number of nitrogens with zero attached hydrogens (tertiary/aromatic N) is 1. The summed E-state index contributed by atoms with van der Waals surface area (Å²) in [5.74, 6) is 0. The van der Waals surface area contributed by atoms with E-state index in [2.05, 4.69) is 43.4 Å². The van der Waals surface area contributed by atoms with Crippen LogP contribution in [0.2, 0.25) is 0 Å². The highest BCUT2D eigenvalue weighted by atomic mass is 32.1. The van der Waals surface area contributed by atoms with Crippen LogP contribution in [-0.2, 0) is 13.0 Å². The number of aryl methyl sites for hydroxylation is 2. The van der Waals surface area contributed by atoms with Gasteiger partial charge in [0.2, 0.25) is 0 Å². The lowest BCUT2D eigenvalue weighted by Crippen LogP contribution is -2.05. The monoisotopic (exact) mass is 260 g/mol. The van der Waals surface area contributed by atoms with E-state index in [0.717, 1.165) is 24.4 Å². The summed E-state index contributed by atoms with van der Waals surface area (Å²) in [7, 11) is 1.99. The maximum Gasteiger partial charge on any atom is 0.123 e. The molecule has 1 aromatic heterocycles. The molecule has 0 aliphatic heterocycles. The Morgan fingerprint density at radius 1 is 1.22 bits per heavy atom. The van der Waals surface area contributed by atoms with E-state index in [4.69, 9.17) is 4.98 Å². The van der Waals surface area contributed by atoms with E-state index >= 15 is 0 Å². The second-order valence-corrected chi connectivity index (χ2v) is 5.62. The fourth-order valence-corrected chi connectivity index (χ4v) is 3.06. The van der Waals surface area contributed by atoms with Crippen LogP contribution in [0.5, 0.6) is 0 Å². The first-order chi connectivity index (χ1) is 8.74. The topological polar surface area (TPSA) is 24.9 Å². The van der Waals surface area contributed by atoms with Crippen LogP contribution in [0.3, 0.4) is 0 Å². The van der Waals surface area contributed by atoms with Crippen molar-refractivity contribution in [1.29, 1.82) is 0 Å². The Bertz CT molecular complexity index is 476. The average Bonchev–Trinajstić information content (AvgIpc) is 2.75. The molecular weight excluding hydrogens is 240 g/mol. The number of thiazole rings is 1. The summed E-state index contributed by atoms with van der Waals surface area (Å²) < 4.78 is 0. The van der Waals surface area contributed by atoms with Gasteiger partial charge in [0.1, 0.15) is 5.01 Å². The van der Waals surface area contributed by atoms with Gasteiger partial charge in [-0.3, -0.25) is 0 Å². The number of hydrogen-bond donors (Lipinski definition) is 1. The molecule has 2 rings (SSSR count). The molecule has 0 fully saturated rings. The van der Waals surface area contributed by atoms with Gasteiger partial charge < -0.3 is 5.32 Å². The van der Waals surface area contributed by atoms with Crippen molar-refractivity contribution in [2.45, 2.75) is 33.2 Å². The third kappa shape index (κ3) is 2.98. The average molecular weight is 260 g/mol. The summed E-state index contributed by atoms with van der Waals surface area (Å²) in [5.41, 5.74) is 3.78. The molecule has 0 spiro atoms. The largest absolute Gasteiger partial charge is 0.315 e.